The van der Waals surface area contributed by atoms with E-state index in [1.54, 1.807) is 17.9 Å². The Labute approximate surface area is 110 Å². The van der Waals surface area contributed by atoms with Gasteiger partial charge in [0.05, 0.1) is 12.2 Å². The monoisotopic (exact) mass is 269 g/mol. The summed E-state index contributed by atoms with van der Waals surface area (Å²) in [7, 11) is 0. The van der Waals surface area contributed by atoms with Crippen molar-refractivity contribution in [3.63, 3.8) is 0 Å². The number of thioether (sulfide) groups is 1. The van der Waals surface area contributed by atoms with E-state index in [-0.39, 0.29) is 17.9 Å². The van der Waals surface area contributed by atoms with Crippen LogP contribution in [0.15, 0.2) is 18.5 Å². The molecule has 0 spiro atoms. The van der Waals surface area contributed by atoms with Gasteiger partial charge in [-0.25, -0.2) is 9.18 Å². The van der Waals surface area contributed by atoms with E-state index < -0.39 is 0 Å². The first-order chi connectivity index (χ1) is 8.68. The number of pyridine rings is 1. The molecule has 1 saturated heterocycles. The molecule has 4 nitrogen and oxygen atoms in total. The average molecular weight is 269 g/mol. The van der Waals surface area contributed by atoms with Gasteiger partial charge in [-0.1, -0.05) is 0 Å². The quantitative estimate of drug-likeness (QED) is 0.893. The number of carbonyl (C=O) groups excluding carboxylic acids is 1. The average Bonchev–Trinajstić information content (AvgIpc) is 2.40. The number of hydrogen-bond acceptors (Lipinski definition) is 3. The first kappa shape index (κ1) is 13.1. The maximum Gasteiger partial charge on any atom is 0.317 e. The molecule has 1 N–H and O–H groups in total. The number of rotatable bonds is 2. The van der Waals surface area contributed by atoms with Crippen LogP contribution in [-0.2, 0) is 0 Å². The summed E-state index contributed by atoms with van der Waals surface area (Å²) in [6.07, 6.45) is 2.69. The lowest BCUT2D eigenvalue weighted by molar-refractivity contribution is 0.199. The van der Waals surface area contributed by atoms with E-state index in [1.807, 2.05) is 11.8 Å². The highest BCUT2D eigenvalue weighted by atomic mass is 32.2. The molecule has 1 aliphatic rings. The minimum atomic E-state index is -0.389. The van der Waals surface area contributed by atoms with Crippen LogP contribution in [0, 0.1) is 5.82 Å². The first-order valence-electron chi connectivity index (χ1n) is 5.91. The molecule has 98 valence electrons. The molecule has 2 amide bonds. The highest BCUT2D eigenvalue weighted by molar-refractivity contribution is 7.99. The molecule has 1 fully saturated rings. The Balaban J connectivity index is 1.96. The molecule has 0 radical (unpaired) electrons. The van der Waals surface area contributed by atoms with Gasteiger partial charge in [-0.2, -0.15) is 11.8 Å². The standard InChI is InChI=1S/C12H16FN3OS/c1-9(10-2-3-14-8-11(10)13)15-12(17)16-4-6-18-7-5-16/h2-3,8-9H,4-7H2,1H3,(H,15,17)/t9-/m1/s1. The van der Waals surface area contributed by atoms with Crippen molar-refractivity contribution in [2.45, 2.75) is 13.0 Å². The van der Waals surface area contributed by atoms with Crippen molar-refractivity contribution in [1.29, 1.82) is 0 Å². The second-order valence-corrected chi connectivity index (χ2v) is 5.39. The van der Waals surface area contributed by atoms with Gasteiger partial charge < -0.3 is 10.2 Å². The predicted molar refractivity (Wildman–Crippen MR) is 70.0 cm³/mol. The van der Waals surface area contributed by atoms with E-state index in [9.17, 15) is 9.18 Å². The lowest BCUT2D eigenvalue weighted by Crippen LogP contribution is -2.45. The van der Waals surface area contributed by atoms with Crippen molar-refractivity contribution >= 4 is 17.8 Å². The molecule has 18 heavy (non-hydrogen) atoms. The van der Waals surface area contributed by atoms with Gasteiger partial charge in [0.1, 0.15) is 5.82 Å². The summed E-state index contributed by atoms with van der Waals surface area (Å²) in [6, 6.07) is 1.11. The van der Waals surface area contributed by atoms with Crippen molar-refractivity contribution in [2.24, 2.45) is 0 Å². The zero-order valence-electron chi connectivity index (χ0n) is 10.2. The molecule has 1 aromatic rings. The van der Waals surface area contributed by atoms with Gasteiger partial charge >= 0.3 is 6.03 Å². The molecule has 0 saturated carbocycles. The van der Waals surface area contributed by atoms with Gasteiger partial charge in [0.25, 0.3) is 0 Å². The largest absolute Gasteiger partial charge is 0.331 e. The minimum Gasteiger partial charge on any atom is -0.331 e. The Morgan fingerprint density at radius 2 is 2.28 bits per heavy atom. The number of urea groups is 1. The van der Waals surface area contributed by atoms with E-state index in [0.29, 0.717) is 5.56 Å². The van der Waals surface area contributed by atoms with Crippen molar-refractivity contribution in [3.05, 3.63) is 29.8 Å². The normalized spacial score (nSPS) is 17.3. The smallest absolute Gasteiger partial charge is 0.317 e. The van der Waals surface area contributed by atoms with Crippen LogP contribution in [0.1, 0.15) is 18.5 Å². The summed E-state index contributed by atoms with van der Waals surface area (Å²) in [5.74, 6) is 1.54. The third-order valence-corrected chi connectivity index (χ3v) is 3.85. The summed E-state index contributed by atoms with van der Waals surface area (Å²) in [5, 5.41) is 2.82. The van der Waals surface area contributed by atoms with Crippen LogP contribution in [0.3, 0.4) is 0 Å². The van der Waals surface area contributed by atoms with Crippen molar-refractivity contribution in [1.82, 2.24) is 15.2 Å². The molecule has 0 aromatic carbocycles. The molecule has 0 unspecified atom stereocenters. The Hall–Kier alpha value is -1.30. The predicted octanol–water partition coefficient (Wildman–Crippen LogP) is 2.04. The van der Waals surface area contributed by atoms with Crippen LogP contribution in [0.5, 0.6) is 0 Å². The second kappa shape index (κ2) is 6.04. The van der Waals surface area contributed by atoms with Crippen LogP contribution in [0.2, 0.25) is 0 Å². The summed E-state index contributed by atoms with van der Waals surface area (Å²) in [6.45, 7) is 3.28. The van der Waals surface area contributed by atoms with E-state index in [2.05, 4.69) is 10.3 Å². The van der Waals surface area contributed by atoms with Crippen LogP contribution in [0.25, 0.3) is 0 Å². The van der Waals surface area contributed by atoms with Crippen LogP contribution in [-0.4, -0.2) is 40.5 Å². The lowest BCUT2D eigenvalue weighted by atomic mass is 10.1. The fourth-order valence-corrected chi connectivity index (χ4v) is 2.76. The van der Waals surface area contributed by atoms with Crippen molar-refractivity contribution in [3.8, 4) is 0 Å². The first-order valence-corrected chi connectivity index (χ1v) is 7.06. The molecule has 2 rings (SSSR count). The highest BCUT2D eigenvalue weighted by Crippen LogP contribution is 2.16. The van der Waals surface area contributed by atoms with E-state index >= 15 is 0 Å². The molecular weight excluding hydrogens is 253 g/mol. The van der Waals surface area contributed by atoms with E-state index in [4.69, 9.17) is 0 Å². The molecule has 2 heterocycles. The third kappa shape index (κ3) is 3.13. The van der Waals surface area contributed by atoms with Gasteiger partial charge in [0.2, 0.25) is 0 Å². The third-order valence-electron chi connectivity index (χ3n) is 2.91. The maximum atomic E-state index is 13.5. The number of halogens is 1. The number of nitrogens with one attached hydrogen (secondary N) is 1. The fraction of sp³-hybridized carbons (Fsp3) is 0.500. The van der Waals surface area contributed by atoms with Crippen molar-refractivity contribution in [2.75, 3.05) is 24.6 Å². The van der Waals surface area contributed by atoms with E-state index in [1.165, 1.54) is 6.20 Å². The summed E-state index contributed by atoms with van der Waals surface area (Å²) < 4.78 is 13.5. The number of nitrogens with zero attached hydrogens (tertiary/aromatic N) is 2. The Morgan fingerprint density at radius 3 is 2.94 bits per heavy atom. The molecule has 1 aliphatic heterocycles. The lowest BCUT2D eigenvalue weighted by Gasteiger charge is -2.28. The molecule has 1 atom stereocenters. The summed E-state index contributed by atoms with van der Waals surface area (Å²) in [4.78, 5) is 17.4. The van der Waals surface area contributed by atoms with Gasteiger partial charge in [0.15, 0.2) is 0 Å². The fourth-order valence-electron chi connectivity index (χ4n) is 1.86. The highest BCUT2D eigenvalue weighted by Gasteiger charge is 2.19. The minimum absolute atomic E-state index is 0.126. The topological polar surface area (TPSA) is 45.2 Å². The number of hydrogen-bond donors (Lipinski definition) is 1. The Bertz CT molecular complexity index is 424. The van der Waals surface area contributed by atoms with E-state index in [0.717, 1.165) is 30.8 Å². The molecule has 1 aromatic heterocycles. The number of aromatic nitrogens is 1. The Kier molecular flexibility index (Phi) is 4.41. The van der Waals surface area contributed by atoms with Gasteiger partial charge in [-0.3, -0.25) is 4.98 Å². The number of amides is 2. The van der Waals surface area contributed by atoms with Gasteiger partial charge in [0, 0.05) is 36.4 Å². The second-order valence-electron chi connectivity index (χ2n) is 4.17. The molecular formula is C12H16FN3OS. The van der Waals surface area contributed by atoms with Crippen molar-refractivity contribution < 1.29 is 9.18 Å². The molecule has 0 aliphatic carbocycles. The van der Waals surface area contributed by atoms with Gasteiger partial charge in [-0.15, -0.1) is 0 Å². The van der Waals surface area contributed by atoms with Crippen LogP contribution < -0.4 is 5.32 Å². The van der Waals surface area contributed by atoms with Gasteiger partial charge in [-0.05, 0) is 13.0 Å². The van der Waals surface area contributed by atoms with Crippen LogP contribution in [0.4, 0.5) is 9.18 Å². The zero-order valence-corrected chi connectivity index (χ0v) is 11.0. The SMILES string of the molecule is C[C@@H](NC(=O)N1CCSCC1)c1ccncc1F. The summed E-state index contributed by atoms with van der Waals surface area (Å²) in [5.41, 5.74) is 0.463. The maximum absolute atomic E-state index is 13.5. The molecule has 0 bridgehead atoms. The zero-order chi connectivity index (χ0) is 13.0. The Morgan fingerprint density at radius 1 is 1.56 bits per heavy atom. The summed E-state index contributed by atoms with van der Waals surface area (Å²) >= 11 is 1.84. The molecule has 6 heteroatoms. The number of carbonyl (C=O) groups is 1. The van der Waals surface area contributed by atoms with Crippen LogP contribution >= 0.6 is 11.8 Å².